The Morgan fingerprint density at radius 2 is 2.10 bits per heavy atom. The van der Waals surface area contributed by atoms with Crippen molar-refractivity contribution in [3.05, 3.63) is 39.7 Å². The van der Waals surface area contributed by atoms with Crippen LogP contribution in [0.1, 0.15) is 11.1 Å². The minimum absolute atomic E-state index is 0.199. The van der Waals surface area contributed by atoms with Crippen LogP contribution >= 0.6 is 11.8 Å². The van der Waals surface area contributed by atoms with E-state index < -0.39 is 0 Å². The third-order valence-electron chi connectivity index (χ3n) is 3.68. The number of rotatable bonds is 2. The molecular formula is C15H17NO3S. The van der Waals surface area contributed by atoms with Crippen molar-refractivity contribution in [1.29, 1.82) is 0 Å². The molecule has 1 saturated heterocycles. The van der Waals surface area contributed by atoms with Crippen molar-refractivity contribution >= 4 is 22.7 Å². The van der Waals surface area contributed by atoms with Crippen molar-refractivity contribution in [2.45, 2.75) is 13.5 Å². The van der Waals surface area contributed by atoms with E-state index in [1.807, 2.05) is 18.7 Å². The molecule has 1 aromatic carbocycles. The molecule has 5 heteroatoms. The van der Waals surface area contributed by atoms with Gasteiger partial charge in [0, 0.05) is 42.6 Å². The summed E-state index contributed by atoms with van der Waals surface area (Å²) in [4.78, 5) is 13.9. The van der Waals surface area contributed by atoms with Crippen LogP contribution in [0.25, 0.3) is 11.0 Å². The predicted octanol–water partition coefficient (Wildman–Crippen LogP) is 2.36. The average molecular weight is 291 g/mol. The van der Waals surface area contributed by atoms with E-state index in [0.717, 1.165) is 41.1 Å². The van der Waals surface area contributed by atoms with E-state index in [9.17, 15) is 9.90 Å². The van der Waals surface area contributed by atoms with Crippen molar-refractivity contribution in [3.63, 3.8) is 0 Å². The van der Waals surface area contributed by atoms with Gasteiger partial charge in [-0.15, -0.1) is 0 Å². The second kappa shape index (κ2) is 5.50. The molecule has 2 aromatic rings. The summed E-state index contributed by atoms with van der Waals surface area (Å²) >= 11 is 1.94. The molecule has 0 radical (unpaired) electrons. The lowest BCUT2D eigenvalue weighted by molar-refractivity contribution is 0.289. The maximum atomic E-state index is 11.6. The van der Waals surface area contributed by atoms with Gasteiger partial charge >= 0.3 is 5.63 Å². The van der Waals surface area contributed by atoms with Crippen molar-refractivity contribution in [2.24, 2.45) is 0 Å². The zero-order valence-electron chi connectivity index (χ0n) is 11.4. The number of fused-ring (bicyclic) bond motifs is 1. The molecule has 0 spiro atoms. The predicted molar refractivity (Wildman–Crippen MR) is 81.5 cm³/mol. The molecule has 1 aromatic heterocycles. The highest BCUT2D eigenvalue weighted by Crippen LogP contribution is 2.29. The highest BCUT2D eigenvalue weighted by Gasteiger charge is 2.17. The fourth-order valence-corrected chi connectivity index (χ4v) is 3.54. The summed E-state index contributed by atoms with van der Waals surface area (Å²) in [5, 5.41) is 11.0. The van der Waals surface area contributed by atoms with E-state index in [1.54, 1.807) is 12.1 Å². The first kappa shape index (κ1) is 13.5. The second-order valence-electron chi connectivity index (χ2n) is 5.08. The van der Waals surface area contributed by atoms with Gasteiger partial charge in [-0.1, -0.05) is 0 Å². The van der Waals surface area contributed by atoms with E-state index in [0.29, 0.717) is 12.1 Å². The Morgan fingerprint density at radius 1 is 1.35 bits per heavy atom. The summed E-state index contributed by atoms with van der Waals surface area (Å²) < 4.78 is 5.35. The van der Waals surface area contributed by atoms with E-state index in [4.69, 9.17) is 4.42 Å². The Kier molecular flexibility index (Phi) is 3.72. The van der Waals surface area contributed by atoms with Crippen molar-refractivity contribution in [1.82, 2.24) is 4.90 Å². The van der Waals surface area contributed by atoms with E-state index in [2.05, 4.69) is 4.90 Å². The van der Waals surface area contributed by atoms with E-state index in [1.165, 1.54) is 6.07 Å². The van der Waals surface area contributed by atoms with Gasteiger partial charge in [-0.3, -0.25) is 4.90 Å². The first-order valence-electron chi connectivity index (χ1n) is 6.70. The fourth-order valence-electron chi connectivity index (χ4n) is 2.56. The van der Waals surface area contributed by atoms with Gasteiger partial charge in [0.15, 0.2) is 0 Å². The van der Waals surface area contributed by atoms with Crippen LogP contribution < -0.4 is 5.63 Å². The molecule has 0 saturated carbocycles. The minimum Gasteiger partial charge on any atom is -0.507 e. The Hall–Kier alpha value is -1.46. The number of thioether (sulfide) groups is 1. The lowest BCUT2D eigenvalue weighted by atomic mass is 10.1. The van der Waals surface area contributed by atoms with Crippen LogP contribution in [0.3, 0.4) is 0 Å². The number of aryl methyl sites for hydroxylation is 1. The number of phenols is 1. The van der Waals surface area contributed by atoms with E-state index in [-0.39, 0.29) is 11.4 Å². The zero-order valence-corrected chi connectivity index (χ0v) is 12.2. The van der Waals surface area contributed by atoms with Gasteiger partial charge in [-0.05, 0) is 24.6 Å². The van der Waals surface area contributed by atoms with Gasteiger partial charge in [-0.2, -0.15) is 11.8 Å². The fraction of sp³-hybridized carbons (Fsp3) is 0.400. The second-order valence-corrected chi connectivity index (χ2v) is 6.30. The molecule has 4 nitrogen and oxygen atoms in total. The Bertz CT molecular complexity index is 689. The summed E-state index contributed by atoms with van der Waals surface area (Å²) in [6, 6.07) is 4.97. The van der Waals surface area contributed by atoms with Gasteiger partial charge in [0.05, 0.1) is 5.56 Å². The van der Waals surface area contributed by atoms with Crippen LogP contribution in [-0.2, 0) is 6.54 Å². The van der Waals surface area contributed by atoms with Crippen LogP contribution in [0.4, 0.5) is 0 Å². The van der Waals surface area contributed by atoms with Crippen LogP contribution in [-0.4, -0.2) is 34.6 Å². The minimum atomic E-state index is -0.365. The Morgan fingerprint density at radius 3 is 2.85 bits per heavy atom. The SMILES string of the molecule is Cc1cc(=O)oc2c(CN3CCSCC3)c(O)ccc12. The van der Waals surface area contributed by atoms with Crippen LogP contribution in [0.5, 0.6) is 5.75 Å². The monoisotopic (exact) mass is 291 g/mol. The van der Waals surface area contributed by atoms with E-state index >= 15 is 0 Å². The maximum absolute atomic E-state index is 11.6. The summed E-state index contributed by atoms with van der Waals surface area (Å²) in [5.41, 5.74) is 1.76. The molecule has 1 N–H and O–H groups in total. The zero-order chi connectivity index (χ0) is 14.1. The van der Waals surface area contributed by atoms with Crippen molar-refractivity contribution < 1.29 is 9.52 Å². The molecule has 0 amide bonds. The van der Waals surface area contributed by atoms with Crippen LogP contribution in [0, 0.1) is 6.92 Å². The molecule has 3 rings (SSSR count). The molecule has 0 atom stereocenters. The highest BCUT2D eigenvalue weighted by atomic mass is 32.2. The molecule has 0 unspecified atom stereocenters. The summed E-state index contributed by atoms with van der Waals surface area (Å²) in [7, 11) is 0. The number of nitrogens with zero attached hydrogens (tertiary/aromatic N) is 1. The number of hydrogen-bond acceptors (Lipinski definition) is 5. The molecule has 2 heterocycles. The quantitative estimate of drug-likeness (QED) is 0.861. The number of aromatic hydroxyl groups is 1. The van der Waals surface area contributed by atoms with Gasteiger partial charge in [-0.25, -0.2) is 4.79 Å². The molecule has 106 valence electrons. The molecular weight excluding hydrogens is 274 g/mol. The summed E-state index contributed by atoms with van der Waals surface area (Å²) in [6.07, 6.45) is 0. The third-order valence-corrected chi connectivity index (χ3v) is 4.63. The lowest BCUT2D eigenvalue weighted by Crippen LogP contribution is -2.32. The molecule has 1 aliphatic rings. The topological polar surface area (TPSA) is 53.7 Å². The number of hydrogen-bond donors (Lipinski definition) is 1. The molecule has 20 heavy (non-hydrogen) atoms. The standard InChI is InChI=1S/C15H17NO3S/c1-10-8-14(18)19-15-11(10)2-3-13(17)12(15)9-16-4-6-20-7-5-16/h2-3,8,17H,4-7,9H2,1H3. The Labute approximate surface area is 121 Å². The molecule has 1 fully saturated rings. The third kappa shape index (κ3) is 2.55. The maximum Gasteiger partial charge on any atom is 0.336 e. The van der Waals surface area contributed by atoms with Crippen LogP contribution in [0.15, 0.2) is 27.4 Å². The smallest absolute Gasteiger partial charge is 0.336 e. The first-order chi connectivity index (χ1) is 9.65. The summed E-state index contributed by atoms with van der Waals surface area (Å²) in [6.45, 7) is 4.50. The molecule has 1 aliphatic heterocycles. The average Bonchev–Trinajstić information content (AvgIpc) is 2.43. The first-order valence-corrected chi connectivity index (χ1v) is 7.86. The summed E-state index contributed by atoms with van der Waals surface area (Å²) in [5.74, 6) is 2.41. The molecule has 0 bridgehead atoms. The normalized spacial score (nSPS) is 16.6. The van der Waals surface area contributed by atoms with Crippen molar-refractivity contribution in [2.75, 3.05) is 24.6 Å². The van der Waals surface area contributed by atoms with Gasteiger partial charge in [0.25, 0.3) is 0 Å². The lowest BCUT2D eigenvalue weighted by Gasteiger charge is -2.26. The van der Waals surface area contributed by atoms with Gasteiger partial charge in [0.2, 0.25) is 0 Å². The largest absolute Gasteiger partial charge is 0.507 e. The highest BCUT2D eigenvalue weighted by molar-refractivity contribution is 7.99. The number of phenolic OH excluding ortho intramolecular Hbond substituents is 1. The van der Waals surface area contributed by atoms with Gasteiger partial charge in [0.1, 0.15) is 11.3 Å². The van der Waals surface area contributed by atoms with Crippen LogP contribution in [0.2, 0.25) is 0 Å². The Balaban J connectivity index is 2.08. The van der Waals surface area contributed by atoms with Gasteiger partial charge < -0.3 is 9.52 Å². The van der Waals surface area contributed by atoms with Crippen molar-refractivity contribution in [3.8, 4) is 5.75 Å². The number of benzene rings is 1. The molecule has 0 aliphatic carbocycles.